The van der Waals surface area contributed by atoms with Gasteiger partial charge in [0.1, 0.15) is 17.4 Å². The fraction of sp³-hybridized carbons (Fsp3) is 0.0526. The SMILES string of the molecule is COc1ccc(-c2ccc(F)cc2F)c(-c2ccc([N+](=O)[O-])cc2)c1. The molecular formula is C19H13F2NO3. The number of benzene rings is 3. The smallest absolute Gasteiger partial charge is 0.269 e. The molecule has 0 aliphatic heterocycles. The van der Waals surface area contributed by atoms with Crippen molar-refractivity contribution in [1.82, 2.24) is 0 Å². The molecule has 0 heterocycles. The first-order valence-electron chi connectivity index (χ1n) is 7.38. The van der Waals surface area contributed by atoms with E-state index in [2.05, 4.69) is 0 Å². The van der Waals surface area contributed by atoms with Gasteiger partial charge in [-0.3, -0.25) is 10.1 Å². The Morgan fingerprint density at radius 3 is 2.16 bits per heavy atom. The van der Waals surface area contributed by atoms with E-state index in [1.807, 2.05) is 0 Å². The van der Waals surface area contributed by atoms with E-state index >= 15 is 0 Å². The van der Waals surface area contributed by atoms with Crippen LogP contribution in [0.2, 0.25) is 0 Å². The van der Waals surface area contributed by atoms with Gasteiger partial charge < -0.3 is 4.74 Å². The highest BCUT2D eigenvalue weighted by atomic mass is 19.1. The summed E-state index contributed by atoms with van der Waals surface area (Å²) in [6, 6.07) is 14.3. The Balaban J connectivity index is 2.18. The maximum absolute atomic E-state index is 14.2. The molecule has 3 rings (SSSR count). The summed E-state index contributed by atoms with van der Waals surface area (Å²) in [7, 11) is 1.51. The van der Waals surface area contributed by atoms with Crippen molar-refractivity contribution in [2.75, 3.05) is 7.11 Å². The van der Waals surface area contributed by atoms with Crippen molar-refractivity contribution in [2.24, 2.45) is 0 Å². The number of rotatable bonds is 4. The summed E-state index contributed by atoms with van der Waals surface area (Å²) >= 11 is 0. The molecule has 6 heteroatoms. The van der Waals surface area contributed by atoms with Crippen molar-refractivity contribution in [3.63, 3.8) is 0 Å². The van der Waals surface area contributed by atoms with Gasteiger partial charge >= 0.3 is 0 Å². The molecule has 0 aromatic heterocycles. The second-order valence-electron chi connectivity index (χ2n) is 5.34. The summed E-state index contributed by atoms with van der Waals surface area (Å²) in [5.74, 6) is -0.792. The molecular weight excluding hydrogens is 328 g/mol. The van der Waals surface area contributed by atoms with Crippen molar-refractivity contribution in [2.45, 2.75) is 0 Å². The molecule has 25 heavy (non-hydrogen) atoms. The number of halogens is 2. The number of hydrogen-bond donors (Lipinski definition) is 0. The molecule has 4 nitrogen and oxygen atoms in total. The highest BCUT2D eigenvalue weighted by Gasteiger charge is 2.14. The normalized spacial score (nSPS) is 10.5. The molecule has 3 aromatic carbocycles. The number of nitro groups is 1. The van der Waals surface area contributed by atoms with Crippen molar-refractivity contribution >= 4 is 5.69 Å². The summed E-state index contributed by atoms with van der Waals surface area (Å²) in [5, 5.41) is 10.8. The lowest BCUT2D eigenvalue weighted by Gasteiger charge is -2.13. The highest BCUT2D eigenvalue weighted by molar-refractivity contribution is 5.85. The molecule has 126 valence electrons. The van der Waals surface area contributed by atoms with Crippen LogP contribution in [0.1, 0.15) is 0 Å². The largest absolute Gasteiger partial charge is 0.497 e. The molecule has 0 amide bonds. The van der Waals surface area contributed by atoms with Crippen LogP contribution in [0.4, 0.5) is 14.5 Å². The summed E-state index contributed by atoms with van der Waals surface area (Å²) in [5.41, 5.74) is 2.01. The van der Waals surface area contributed by atoms with Gasteiger partial charge in [0.2, 0.25) is 0 Å². The van der Waals surface area contributed by atoms with Crippen LogP contribution in [0.3, 0.4) is 0 Å². The predicted octanol–water partition coefficient (Wildman–Crippen LogP) is 5.22. The van der Waals surface area contributed by atoms with Crippen molar-refractivity contribution in [1.29, 1.82) is 0 Å². The Morgan fingerprint density at radius 2 is 1.56 bits per heavy atom. The number of nitro benzene ring substituents is 1. The molecule has 0 fully saturated rings. The Kier molecular flexibility index (Phi) is 4.43. The fourth-order valence-electron chi connectivity index (χ4n) is 2.59. The van der Waals surface area contributed by atoms with Crippen LogP contribution < -0.4 is 4.74 Å². The number of methoxy groups -OCH3 is 1. The predicted molar refractivity (Wildman–Crippen MR) is 90.4 cm³/mol. The Morgan fingerprint density at radius 1 is 0.880 bits per heavy atom. The topological polar surface area (TPSA) is 52.4 Å². The molecule has 0 bridgehead atoms. The lowest BCUT2D eigenvalue weighted by atomic mass is 9.94. The van der Waals surface area contributed by atoms with Crippen LogP contribution >= 0.6 is 0 Å². The number of non-ortho nitro benzene ring substituents is 1. The van der Waals surface area contributed by atoms with E-state index in [1.165, 1.54) is 31.4 Å². The number of ether oxygens (including phenoxy) is 1. The van der Waals surface area contributed by atoms with Crippen molar-refractivity contribution < 1.29 is 18.4 Å². The first-order chi connectivity index (χ1) is 12.0. The quantitative estimate of drug-likeness (QED) is 0.483. The summed E-state index contributed by atoms with van der Waals surface area (Å²) in [4.78, 5) is 10.3. The summed E-state index contributed by atoms with van der Waals surface area (Å²) in [6.45, 7) is 0. The Bertz CT molecular complexity index is 940. The molecule has 0 radical (unpaired) electrons. The third-order valence-corrected chi connectivity index (χ3v) is 3.84. The third-order valence-electron chi connectivity index (χ3n) is 3.84. The minimum absolute atomic E-state index is 0.0406. The maximum Gasteiger partial charge on any atom is 0.269 e. The summed E-state index contributed by atoms with van der Waals surface area (Å²) < 4.78 is 32.6. The van der Waals surface area contributed by atoms with Gasteiger partial charge in [0.05, 0.1) is 12.0 Å². The average molecular weight is 341 g/mol. The van der Waals surface area contributed by atoms with Crippen LogP contribution in [-0.4, -0.2) is 12.0 Å². The lowest BCUT2D eigenvalue weighted by Crippen LogP contribution is -1.93. The molecule has 0 N–H and O–H groups in total. The van der Waals surface area contributed by atoms with Gasteiger partial charge in [-0.2, -0.15) is 0 Å². The number of hydrogen-bond acceptors (Lipinski definition) is 3. The van der Waals surface area contributed by atoms with Gasteiger partial charge in [-0.15, -0.1) is 0 Å². The van der Waals surface area contributed by atoms with Gasteiger partial charge in [0.25, 0.3) is 5.69 Å². The molecule has 0 unspecified atom stereocenters. The third kappa shape index (κ3) is 3.33. The Labute approximate surface area is 142 Å². The van der Waals surface area contributed by atoms with E-state index in [0.717, 1.165) is 6.07 Å². The van der Waals surface area contributed by atoms with Crippen LogP contribution in [-0.2, 0) is 0 Å². The first kappa shape index (κ1) is 16.6. The van der Waals surface area contributed by atoms with Gasteiger partial charge in [0, 0.05) is 23.8 Å². The molecule has 0 saturated heterocycles. The lowest BCUT2D eigenvalue weighted by molar-refractivity contribution is -0.384. The van der Waals surface area contributed by atoms with E-state index < -0.39 is 16.6 Å². The van der Waals surface area contributed by atoms with Crippen LogP contribution in [0.15, 0.2) is 60.7 Å². The molecule has 0 atom stereocenters. The average Bonchev–Trinajstić information content (AvgIpc) is 2.61. The molecule has 0 aliphatic rings. The second kappa shape index (κ2) is 6.68. The van der Waals surface area contributed by atoms with Crippen LogP contribution in [0, 0.1) is 21.7 Å². The highest BCUT2D eigenvalue weighted by Crippen LogP contribution is 2.36. The monoisotopic (exact) mass is 341 g/mol. The molecule has 0 saturated carbocycles. The van der Waals surface area contributed by atoms with Gasteiger partial charge in [-0.1, -0.05) is 0 Å². The van der Waals surface area contributed by atoms with Crippen LogP contribution in [0.5, 0.6) is 5.75 Å². The Hall–Kier alpha value is -3.28. The maximum atomic E-state index is 14.2. The van der Waals surface area contributed by atoms with Gasteiger partial charge in [0.15, 0.2) is 0 Å². The van der Waals surface area contributed by atoms with Gasteiger partial charge in [-0.25, -0.2) is 8.78 Å². The minimum Gasteiger partial charge on any atom is -0.497 e. The van der Waals surface area contributed by atoms with E-state index in [9.17, 15) is 18.9 Å². The van der Waals surface area contributed by atoms with E-state index in [-0.39, 0.29) is 11.3 Å². The molecule has 0 spiro atoms. The summed E-state index contributed by atoms with van der Waals surface area (Å²) in [6.07, 6.45) is 0. The van der Waals surface area contributed by atoms with Gasteiger partial charge in [-0.05, 0) is 59.2 Å². The standard InChI is InChI=1S/C19H13F2NO3/c1-25-15-7-9-16(17-8-4-13(20)10-19(17)21)18(11-15)12-2-5-14(6-3-12)22(23)24/h2-11H,1H3. The van der Waals surface area contributed by atoms with Crippen molar-refractivity contribution in [3.8, 4) is 28.0 Å². The zero-order valence-corrected chi connectivity index (χ0v) is 13.2. The fourth-order valence-corrected chi connectivity index (χ4v) is 2.59. The second-order valence-corrected chi connectivity index (χ2v) is 5.34. The first-order valence-corrected chi connectivity index (χ1v) is 7.38. The van der Waals surface area contributed by atoms with E-state index in [0.29, 0.717) is 22.4 Å². The zero-order valence-electron chi connectivity index (χ0n) is 13.2. The van der Waals surface area contributed by atoms with E-state index in [1.54, 1.807) is 30.3 Å². The minimum atomic E-state index is -0.687. The molecule has 3 aromatic rings. The molecule has 0 aliphatic carbocycles. The number of nitrogens with zero attached hydrogens (tertiary/aromatic N) is 1. The van der Waals surface area contributed by atoms with Crippen LogP contribution in [0.25, 0.3) is 22.3 Å². The van der Waals surface area contributed by atoms with E-state index in [4.69, 9.17) is 4.74 Å². The zero-order chi connectivity index (χ0) is 18.0. The van der Waals surface area contributed by atoms with Crippen molar-refractivity contribution in [3.05, 3.63) is 82.4 Å².